The van der Waals surface area contributed by atoms with Gasteiger partial charge >= 0.3 is 0 Å². The highest BCUT2D eigenvalue weighted by atomic mass is 32.2. The molecule has 0 bridgehead atoms. The van der Waals surface area contributed by atoms with Crippen LogP contribution in [0.3, 0.4) is 0 Å². The van der Waals surface area contributed by atoms with Crippen molar-refractivity contribution in [1.29, 1.82) is 0 Å². The predicted octanol–water partition coefficient (Wildman–Crippen LogP) is 2.74. The molecule has 2 N–H and O–H groups in total. The topological polar surface area (TPSA) is 148 Å². The normalized spacial score (nSPS) is 20.0. The van der Waals surface area contributed by atoms with Crippen LogP contribution in [-0.2, 0) is 9.84 Å². The van der Waals surface area contributed by atoms with Crippen molar-refractivity contribution in [2.75, 3.05) is 12.4 Å². The summed E-state index contributed by atoms with van der Waals surface area (Å²) >= 11 is 0. The zero-order valence-electron chi connectivity index (χ0n) is 21.1. The minimum absolute atomic E-state index is 0.0607. The number of hydrogen-bond donors (Lipinski definition) is 2. The maximum absolute atomic E-state index is 13.8. The molecule has 0 aliphatic heterocycles. The number of benzene rings is 1. The number of sulfone groups is 1. The van der Waals surface area contributed by atoms with Gasteiger partial charge in [-0.25, -0.2) is 13.4 Å². The first-order valence-corrected chi connectivity index (χ1v) is 13.9. The van der Waals surface area contributed by atoms with E-state index in [2.05, 4.69) is 32.4 Å². The number of nitrogens with zero attached hydrogens (tertiary/aromatic N) is 4. The molecule has 196 valence electrons. The van der Waals surface area contributed by atoms with E-state index in [0.717, 1.165) is 12.8 Å². The number of aromatic nitrogens is 5. The average Bonchev–Trinajstić information content (AvgIpc) is 3.65. The van der Waals surface area contributed by atoms with Crippen LogP contribution >= 0.6 is 0 Å². The van der Waals surface area contributed by atoms with Crippen LogP contribution in [0.15, 0.2) is 56.0 Å². The average molecular weight is 535 g/mol. The molecule has 0 radical (unpaired) electrons. The first-order chi connectivity index (χ1) is 18.3. The summed E-state index contributed by atoms with van der Waals surface area (Å²) in [7, 11) is -2.62. The Morgan fingerprint density at radius 1 is 1.13 bits per heavy atom. The number of fused-ring (bicyclic) bond motifs is 3. The second-order valence-corrected chi connectivity index (χ2v) is 11.6. The fourth-order valence-electron chi connectivity index (χ4n) is 5.74. The lowest BCUT2D eigenvalue weighted by Gasteiger charge is -2.17. The molecule has 3 atom stereocenters. The maximum Gasteiger partial charge on any atom is 0.271 e. The Labute approximate surface area is 217 Å². The third-order valence-corrected chi connectivity index (χ3v) is 9.47. The van der Waals surface area contributed by atoms with Crippen LogP contribution in [0.5, 0.6) is 5.75 Å². The van der Waals surface area contributed by atoms with E-state index < -0.39 is 20.7 Å². The molecule has 11 nitrogen and oxygen atoms in total. The summed E-state index contributed by atoms with van der Waals surface area (Å²) in [6.45, 7) is 3.83. The van der Waals surface area contributed by atoms with Crippen molar-refractivity contribution in [3.8, 4) is 5.75 Å². The molecule has 0 saturated heterocycles. The smallest absolute Gasteiger partial charge is 0.271 e. The van der Waals surface area contributed by atoms with E-state index in [-0.39, 0.29) is 44.9 Å². The third-order valence-electron chi connectivity index (χ3n) is 7.65. The van der Waals surface area contributed by atoms with Gasteiger partial charge in [0.15, 0.2) is 17.0 Å². The van der Waals surface area contributed by atoms with Crippen molar-refractivity contribution in [3.63, 3.8) is 0 Å². The minimum Gasteiger partial charge on any atom is -0.491 e. The minimum atomic E-state index is -3.99. The van der Waals surface area contributed by atoms with Gasteiger partial charge in [-0.15, -0.1) is 10.2 Å². The molecular formula is C26H26N6O5S. The molecule has 38 heavy (non-hydrogen) atoms. The number of H-pyrrole nitrogens is 1. The number of anilines is 1. The molecule has 2 aromatic carbocycles. The monoisotopic (exact) mass is 534 g/mol. The molecule has 12 heteroatoms. The van der Waals surface area contributed by atoms with Gasteiger partial charge in [-0.05, 0) is 43.4 Å². The van der Waals surface area contributed by atoms with Crippen LogP contribution in [-0.4, -0.2) is 46.1 Å². The summed E-state index contributed by atoms with van der Waals surface area (Å²) in [5.74, 6) is 0.822. The number of rotatable bonds is 7. The van der Waals surface area contributed by atoms with Crippen molar-refractivity contribution >= 4 is 32.3 Å². The summed E-state index contributed by atoms with van der Waals surface area (Å²) in [4.78, 5) is 31.6. The number of aromatic amines is 1. The van der Waals surface area contributed by atoms with Crippen LogP contribution in [0, 0.1) is 12.8 Å². The second kappa shape index (κ2) is 8.76. The van der Waals surface area contributed by atoms with Gasteiger partial charge in [0.05, 0.1) is 17.5 Å². The van der Waals surface area contributed by atoms with Gasteiger partial charge in [0, 0.05) is 18.2 Å². The predicted molar refractivity (Wildman–Crippen MR) is 140 cm³/mol. The lowest BCUT2D eigenvalue weighted by Crippen LogP contribution is -2.37. The van der Waals surface area contributed by atoms with Crippen LogP contribution in [0.1, 0.15) is 43.5 Å². The molecule has 1 aliphatic rings. The molecule has 1 fully saturated rings. The zero-order chi connectivity index (χ0) is 26.8. The van der Waals surface area contributed by atoms with Crippen molar-refractivity contribution in [2.45, 2.75) is 55.0 Å². The molecule has 0 unspecified atom stereocenters. The Balaban J connectivity index is 1.46. The van der Waals surface area contributed by atoms with Gasteiger partial charge in [0.25, 0.3) is 10.9 Å². The van der Waals surface area contributed by atoms with Gasteiger partial charge in [0.2, 0.25) is 14.9 Å². The molecule has 0 spiro atoms. The van der Waals surface area contributed by atoms with Gasteiger partial charge in [0.1, 0.15) is 11.5 Å². The highest BCUT2D eigenvalue weighted by Crippen LogP contribution is 2.43. The lowest BCUT2D eigenvalue weighted by molar-refractivity contribution is 0.406. The maximum atomic E-state index is 13.8. The molecular weight excluding hydrogens is 508 g/mol. The first kappa shape index (κ1) is 24.3. The Morgan fingerprint density at radius 2 is 1.92 bits per heavy atom. The Bertz CT molecular complexity index is 1880. The second-order valence-electron chi connectivity index (χ2n) is 9.77. The Morgan fingerprint density at radius 3 is 2.66 bits per heavy atom. The van der Waals surface area contributed by atoms with Gasteiger partial charge < -0.3 is 15.0 Å². The lowest BCUT2D eigenvalue weighted by atomic mass is 9.93. The van der Waals surface area contributed by atoms with E-state index in [1.807, 2.05) is 6.07 Å². The summed E-state index contributed by atoms with van der Waals surface area (Å²) in [6.07, 6.45) is 3.92. The summed E-state index contributed by atoms with van der Waals surface area (Å²) in [6, 6.07) is 8.51. The fraction of sp³-hybridized carbons (Fsp3) is 0.346. The molecule has 3 aromatic heterocycles. The van der Waals surface area contributed by atoms with Crippen molar-refractivity contribution in [1.82, 2.24) is 24.6 Å². The highest BCUT2D eigenvalue weighted by molar-refractivity contribution is 7.91. The largest absolute Gasteiger partial charge is 0.491 e. The van der Waals surface area contributed by atoms with Gasteiger partial charge in [-0.3, -0.25) is 14.0 Å². The number of nitrogens with one attached hydrogen (secondary N) is 2. The summed E-state index contributed by atoms with van der Waals surface area (Å²) in [5.41, 5.74) is 0.906. The quantitative estimate of drug-likeness (QED) is 0.301. The third kappa shape index (κ3) is 3.46. The zero-order valence-corrected chi connectivity index (χ0v) is 21.9. The number of aryl methyl sites for hydroxylation is 1. The molecule has 1 saturated carbocycles. The van der Waals surface area contributed by atoms with Crippen LogP contribution in [0.2, 0.25) is 0 Å². The number of hydrogen-bond acceptors (Lipinski definition) is 9. The van der Waals surface area contributed by atoms with Crippen molar-refractivity contribution < 1.29 is 13.2 Å². The molecule has 1 aliphatic carbocycles. The molecule has 6 rings (SSSR count). The van der Waals surface area contributed by atoms with E-state index in [9.17, 15) is 18.0 Å². The molecule has 5 aromatic rings. The fourth-order valence-corrected chi connectivity index (χ4v) is 7.28. The van der Waals surface area contributed by atoms with Gasteiger partial charge in [-0.1, -0.05) is 31.5 Å². The van der Waals surface area contributed by atoms with Crippen LogP contribution in [0.25, 0.3) is 16.8 Å². The Hall–Kier alpha value is -4.06. The standard InChI is InChI=1S/C26H26N6O5S/c1-4-14-11-15(28-19-20(33)21(34)22(19)37-3)12-16(14)24-30-31-25-26(29-23-17(32(24)25)9-10-27-23)38(35,36)18-8-6-5-7-13(18)2/h5-10,14-16,27-28H,4,11-12H2,1-3H3/t14-,15+,16+/m1/s1. The molecule has 0 amide bonds. The summed E-state index contributed by atoms with van der Waals surface area (Å²) < 4.78 is 34.4. The van der Waals surface area contributed by atoms with E-state index in [4.69, 9.17) is 4.74 Å². The van der Waals surface area contributed by atoms with E-state index in [0.29, 0.717) is 29.0 Å². The van der Waals surface area contributed by atoms with E-state index in [1.165, 1.54) is 7.11 Å². The van der Waals surface area contributed by atoms with E-state index >= 15 is 0 Å². The first-order valence-electron chi connectivity index (χ1n) is 12.4. The van der Waals surface area contributed by atoms with Crippen molar-refractivity contribution in [2.24, 2.45) is 5.92 Å². The van der Waals surface area contributed by atoms with Gasteiger partial charge in [-0.2, -0.15) is 0 Å². The van der Waals surface area contributed by atoms with Crippen LogP contribution < -0.4 is 20.9 Å². The highest BCUT2D eigenvalue weighted by Gasteiger charge is 2.39. The summed E-state index contributed by atoms with van der Waals surface area (Å²) in [5, 5.41) is 11.9. The SMILES string of the molecule is CC[C@@H]1C[C@H](Nc2c(OC)c(=O)c2=O)C[C@@H]1c1nnc2c(S(=O)(=O)c3ccccc3C)nc3[nH]ccc3n12. The number of methoxy groups -OCH3 is 1. The Kier molecular flexibility index (Phi) is 5.60. The van der Waals surface area contributed by atoms with Crippen LogP contribution in [0.4, 0.5) is 5.69 Å². The van der Waals surface area contributed by atoms with Crippen molar-refractivity contribution in [3.05, 3.63) is 68.4 Å². The van der Waals surface area contributed by atoms with E-state index in [1.54, 1.807) is 41.8 Å². The number of ether oxygens (including phenoxy) is 1. The molecule has 3 heterocycles.